The van der Waals surface area contributed by atoms with Crippen LogP contribution in [0.3, 0.4) is 0 Å². The van der Waals surface area contributed by atoms with Gasteiger partial charge in [0.15, 0.2) is 0 Å². The molecule has 0 fully saturated rings. The van der Waals surface area contributed by atoms with E-state index in [2.05, 4.69) is 247 Å². The molecule has 71 heavy (non-hydrogen) atoms. The largest absolute Gasteiger partial charge is 0.507 e. The highest BCUT2D eigenvalue weighted by atomic mass is 16.3. The van der Waals surface area contributed by atoms with Gasteiger partial charge in [0.25, 0.3) is 0 Å². The summed E-state index contributed by atoms with van der Waals surface area (Å²) in [5.41, 5.74) is 18.0. The van der Waals surface area contributed by atoms with Crippen LogP contribution >= 0.6 is 0 Å². The van der Waals surface area contributed by atoms with E-state index in [-0.39, 0.29) is 22.0 Å². The van der Waals surface area contributed by atoms with Gasteiger partial charge in [0.05, 0.1) is 44.5 Å². The predicted molar refractivity (Wildman–Crippen MR) is 298 cm³/mol. The van der Waals surface area contributed by atoms with Crippen LogP contribution in [0.2, 0.25) is 0 Å². The second kappa shape index (κ2) is 16.0. The number of phenolic OH excluding ortho intramolecular Hbond substituents is 1. The van der Waals surface area contributed by atoms with Crippen LogP contribution < -0.4 is 0 Å². The first-order valence-corrected chi connectivity index (χ1v) is 24.9. The summed E-state index contributed by atoms with van der Waals surface area (Å²) in [4.78, 5) is 10.8. The zero-order chi connectivity index (χ0) is 49.1. The van der Waals surface area contributed by atoms with Crippen molar-refractivity contribution in [3.8, 4) is 67.5 Å². The smallest absolute Gasteiger partial charge is 0.149 e. The Morgan fingerprint density at radius 1 is 0.451 bits per heavy atom. The quantitative estimate of drug-likeness (QED) is 0.181. The maximum atomic E-state index is 12.9. The van der Waals surface area contributed by atoms with Crippen LogP contribution in [-0.4, -0.2) is 24.0 Å². The third-order valence-corrected chi connectivity index (χ3v) is 14.6. The minimum absolute atomic E-state index is 0.166. The maximum Gasteiger partial charge on any atom is 0.149 e. The molecule has 5 heteroatoms. The van der Waals surface area contributed by atoms with Gasteiger partial charge >= 0.3 is 0 Å². The predicted octanol–water partition coefficient (Wildman–Crippen LogP) is 17.5. The summed E-state index contributed by atoms with van der Waals surface area (Å²) in [5.74, 6) is 0.934. The molecule has 0 bridgehead atoms. The van der Waals surface area contributed by atoms with E-state index in [0.29, 0.717) is 11.4 Å². The summed E-state index contributed by atoms with van der Waals surface area (Å²) in [6, 6.07) is 63.5. The fourth-order valence-corrected chi connectivity index (χ4v) is 10.9. The van der Waals surface area contributed by atoms with Crippen LogP contribution in [0, 0.1) is 0 Å². The summed E-state index contributed by atoms with van der Waals surface area (Å²) < 4.78 is 4.81. The Kier molecular flexibility index (Phi) is 9.97. The Morgan fingerprint density at radius 2 is 1.06 bits per heavy atom. The van der Waals surface area contributed by atoms with Gasteiger partial charge in [-0.2, -0.15) is 0 Å². The van der Waals surface area contributed by atoms with Crippen LogP contribution in [-0.2, 0) is 16.2 Å². The van der Waals surface area contributed by atoms with E-state index in [1.807, 2.05) is 6.20 Å². The van der Waals surface area contributed by atoms with Crippen molar-refractivity contribution in [2.24, 2.45) is 0 Å². The molecule has 0 saturated carbocycles. The number of hydrogen-bond donors (Lipinski definition) is 1. The zero-order valence-electron chi connectivity index (χ0n) is 42.1. The molecule has 8 aromatic carbocycles. The molecule has 1 N–H and O–H groups in total. The highest BCUT2D eigenvalue weighted by Crippen LogP contribution is 2.50. The van der Waals surface area contributed by atoms with Gasteiger partial charge in [-0.1, -0.05) is 184 Å². The summed E-state index contributed by atoms with van der Waals surface area (Å²) >= 11 is 0. The molecule has 0 spiro atoms. The highest BCUT2D eigenvalue weighted by molar-refractivity contribution is 6.28. The number of aromatic hydroxyl groups is 1. The lowest BCUT2D eigenvalue weighted by atomic mass is 9.79. The van der Waals surface area contributed by atoms with Crippen LogP contribution in [0.25, 0.3) is 111 Å². The number of para-hydroxylation sites is 3. The van der Waals surface area contributed by atoms with E-state index in [0.717, 1.165) is 72.5 Å². The zero-order valence-corrected chi connectivity index (χ0v) is 42.1. The van der Waals surface area contributed by atoms with Gasteiger partial charge in [-0.05, 0) is 104 Å². The molecule has 0 radical (unpaired) electrons. The molecule has 348 valence electrons. The van der Waals surface area contributed by atoms with Gasteiger partial charge in [0, 0.05) is 50.0 Å². The van der Waals surface area contributed by atoms with Crippen molar-refractivity contribution in [3.63, 3.8) is 0 Å². The number of pyridine rings is 1. The van der Waals surface area contributed by atoms with E-state index in [1.165, 1.54) is 43.7 Å². The second-order valence-corrected chi connectivity index (χ2v) is 22.5. The minimum Gasteiger partial charge on any atom is -0.507 e. The Morgan fingerprint density at radius 3 is 1.75 bits per heavy atom. The minimum atomic E-state index is -0.358. The average Bonchev–Trinajstić information content (AvgIpc) is 4.03. The van der Waals surface area contributed by atoms with Crippen LogP contribution in [0.4, 0.5) is 0 Å². The summed E-state index contributed by atoms with van der Waals surface area (Å²) in [7, 11) is 0. The van der Waals surface area contributed by atoms with E-state index >= 15 is 0 Å². The van der Waals surface area contributed by atoms with Crippen molar-refractivity contribution >= 4 is 49.1 Å². The first-order valence-electron chi connectivity index (χ1n) is 24.9. The normalized spacial score (nSPS) is 12.6. The van der Waals surface area contributed by atoms with Crippen LogP contribution in [0.1, 0.15) is 79.0 Å². The molecular weight excluding hydrogens is 865 g/mol. The lowest BCUT2D eigenvalue weighted by Gasteiger charge is -2.27. The Balaban J connectivity index is 1.23. The first kappa shape index (κ1) is 44.2. The molecule has 0 saturated heterocycles. The monoisotopic (exact) mass is 922 g/mol. The molecule has 0 aliphatic carbocycles. The standard InChI is InChI=1S/C66H58N4O/c1-64(2,3)45-34-43(33-44(35-45)53-36-42(31-32-67-53)40-21-12-10-13-22-40)47-27-20-30-56-60(47)68-63(51-37-46(65(4,5)6)38-52(62(51)71)66(7,8)9)70(56)57-39-50-48-25-16-18-28-54(48)69-55-29-19-17-26-49(55)59(61(50)69)58(57)41-23-14-11-15-24-41/h10-39,71H,1-9H3. The van der Waals surface area contributed by atoms with Crippen LogP contribution in [0.5, 0.6) is 5.75 Å². The third kappa shape index (κ3) is 7.20. The van der Waals surface area contributed by atoms with Gasteiger partial charge in [-0.15, -0.1) is 0 Å². The first-order chi connectivity index (χ1) is 34.0. The van der Waals surface area contributed by atoms with E-state index < -0.39 is 0 Å². The molecule has 0 aliphatic rings. The van der Waals surface area contributed by atoms with Crippen molar-refractivity contribution in [3.05, 3.63) is 199 Å². The van der Waals surface area contributed by atoms with Gasteiger partial charge in [0.1, 0.15) is 11.6 Å². The number of hydrogen-bond acceptors (Lipinski definition) is 3. The average molecular weight is 923 g/mol. The topological polar surface area (TPSA) is 55.4 Å². The number of benzene rings is 8. The molecule has 0 unspecified atom stereocenters. The lowest BCUT2D eigenvalue weighted by Crippen LogP contribution is -2.17. The van der Waals surface area contributed by atoms with Gasteiger partial charge in [-0.25, -0.2) is 4.98 Å². The lowest BCUT2D eigenvalue weighted by molar-refractivity contribution is 0.446. The summed E-state index contributed by atoms with van der Waals surface area (Å²) in [6.07, 6.45) is 1.92. The van der Waals surface area contributed by atoms with Crippen molar-refractivity contribution in [2.45, 2.75) is 78.6 Å². The maximum absolute atomic E-state index is 12.9. The molecule has 4 heterocycles. The van der Waals surface area contributed by atoms with Gasteiger partial charge in [-0.3, -0.25) is 9.55 Å². The Labute approximate surface area is 416 Å². The molecule has 12 rings (SSSR count). The fourth-order valence-electron chi connectivity index (χ4n) is 10.9. The number of rotatable bonds is 6. The number of imidazole rings is 1. The van der Waals surface area contributed by atoms with Crippen molar-refractivity contribution in [1.82, 2.24) is 18.9 Å². The van der Waals surface area contributed by atoms with Crippen molar-refractivity contribution in [2.75, 3.05) is 0 Å². The van der Waals surface area contributed by atoms with E-state index in [1.54, 1.807) is 0 Å². The number of nitrogens with zero attached hydrogens (tertiary/aromatic N) is 4. The number of fused-ring (bicyclic) bond motifs is 7. The van der Waals surface area contributed by atoms with Gasteiger partial charge < -0.3 is 9.51 Å². The fraction of sp³-hybridized carbons (Fsp3) is 0.182. The molecule has 5 nitrogen and oxygen atoms in total. The SMILES string of the molecule is CC(C)(C)c1cc(-c2cc(-c3ccccc3)ccn2)cc(-c2cccc3c2nc(-c2cc(C(C)(C)C)cc(C(C)(C)C)c2O)n3-c2cc3c4ccccc4n4c5ccccc5c(c2-c2ccccc2)c34)c1. The second-order valence-electron chi connectivity index (χ2n) is 22.5. The van der Waals surface area contributed by atoms with Crippen molar-refractivity contribution in [1.29, 1.82) is 0 Å². The van der Waals surface area contributed by atoms with E-state index in [9.17, 15) is 5.11 Å². The number of aromatic nitrogens is 4. The van der Waals surface area contributed by atoms with Crippen LogP contribution in [0.15, 0.2) is 182 Å². The highest BCUT2D eigenvalue weighted by Gasteiger charge is 2.31. The molecule has 0 aliphatic heterocycles. The van der Waals surface area contributed by atoms with Gasteiger partial charge in [0.2, 0.25) is 0 Å². The third-order valence-electron chi connectivity index (χ3n) is 14.6. The Bertz CT molecular complexity index is 4040. The summed E-state index contributed by atoms with van der Waals surface area (Å²) in [5, 5.41) is 17.6. The van der Waals surface area contributed by atoms with Crippen molar-refractivity contribution < 1.29 is 5.11 Å². The van der Waals surface area contributed by atoms with E-state index in [4.69, 9.17) is 9.97 Å². The molecular formula is C66H58N4O. The summed E-state index contributed by atoms with van der Waals surface area (Å²) in [6.45, 7) is 20.1. The molecule has 0 amide bonds. The molecule has 0 atom stereocenters. The number of phenols is 1. The molecule has 12 aromatic rings. The Hall–Kier alpha value is -8.02. The molecule has 4 aromatic heterocycles.